The standard InChI is InChI=1S/C55H36F6N4/c1-33-23-26-39-43-31-37(55(59,60)61)25-28-49(43)65(51(39)29-33)47-21-11-9-18-41(47)52-40(45-32-44(34-13-4-2-5-14-34)62-53(63-45)35-15-6-3-7-16-35)19-12-22-50(52)64-46-20-10-8-17-38(46)42-30-36(54(56,57)58)24-27-48(42)64/h2-28,30-33H,29H2,1H3. The van der Waals surface area contributed by atoms with Gasteiger partial charge in [0.05, 0.1) is 50.4 Å². The highest BCUT2D eigenvalue weighted by Crippen LogP contribution is 2.47. The van der Waals surface area contributed by atoms with Crippen molar-refractivity contribution in [2.24, 2.45) is 5.92 Å². The summed E-state index contributed by atoms with van der Waals surface area (Å²) in [5.74, 6) is 0.602. The first-order valence-electron chi connectivity index (χ1n) is 21.2. The third-order valence-electron chi connectivity index (χ3n) is 12.3. The molecule has 0 fully saturated rings. The Hall–Kier alpha value is -7.72. The highest BCUT2D eigenvalue weighted by atomic mass is 19.4. The molecule has 1 unspecified atom stereocenters. The summed E-state index contributed by atoms with van der Waals surface area (Å²) in [6.45, 7) is 2.08. The Bertz CT molecular complexity index is 3450. The molecule has 0 aliphatic heterocycles. The minimum absolute atomic E-state index is 0.107. The Balaban J connectivity index is 1.27. The second-order valence-electron chi connectivity index (χ2n) is 16.5. The highest BCUT2D eigenvalue weighted by Gasteiger charge is 2.34. The van der Waals surface area contributed by atoms with Gasteiger partial charge in [-0.25, -0.2) is 9.97 Å². The molecule has 1 aliphatic carbocycles. The molecule has 1 aliphatic rings. The topological polar surface area (TPSA) is 35.6 Å². The van der Waals surface area contributed by atoms with Crippen LogP contribution >= 0.6 is 0 Å². The molecule has 0 amide bonds. The van der Waals surface area contributed by atoms with Crippen LogP contribution in [0, 0.1) is 5.92 Å². The largest absolute Gasteiger partial charge is 0.416 e. The molecule has 3 heterocycles. The molecule has 0 saturated carbocycles. The number of hydrogen-bond acceptors (Lipinski definition) is 2. The highest BCUT2D eigenvalue weighted by molar-refractivity contribution is 6.11. The molecule has 0 bridgehead atoms. The number of nitrogens with zero attached hydrogens (tertiary/aromatic N) is 4. The first-order chi connectivity index (χ1) is 31.4. The molecule has 10 aromatic rings. The van der Waals surface area contributed by atoms with Gasteiger partial charge in [-0.3, -0.25) is 0 Å². The molecule has 65 heavy (non-hydrogen) atoms. The van der Waals surface area contributed by atoms with Gasteiger partial charge in [-0.1, -0.05) is 128 Å². The summed E-state index contributed by atoms with van der Waals surface area (Å²) >= 11 is 0. The van der Waals surface area contributed by atoms with Gasteiger partial charge in [0, 0.05) is 55.2 Å². The van der Waals surface area contributed by atoms with Crippen LogP contribution in [-0.2, 0) is 18.8 Å². The van der Waals surface area contributed by atoms with Crippen molar-refractivity contribution >= 4 is 38.8 Å². The van der Waals surface area contributed by atoms with Gasteiger partial charge in [0.25, 0.3) is 0 Å². The molecule has 0 radical (unpaired) electrons. The van der Waals surface area contributed by atoms with E-state index in [2.05, 4.69) is 11.5 Å². The van der Waals surface area contributed by atoms with E-state index in [0.29, 0.717) is 73.2 Å². The first kappa shape index (κ1) is 40.1. The van der Waals surface area contributed by atoms with Crippen LogP contribution in [-0.4, -0.2) is 19.1 Å². The van der Waals surface area contributed by atoms with E-state index in [9.17, 15) is 26.3 Å². The van der Waals surface area contributed by atoms with Crippen LogP contribution in [0.3, 0.4) is 0 Å². The average molecular weight is 867 g/mol. The maximum Gasteiger partial charge on any atom is 0.416 e. The van der Waals surface area contributed by atoms with Crippen LogP contribution in [0.15, 0.2) is 176 Å². The van der Waals surface area contributed by atoms with Crippen molar-refractivity contribution in [3.8, 4) is 56.4 Å². The van der Waals surface area contributed by atoms with Crippen LogP contribution in [0.4, 0.5) is 26.3 Å². The molecular formula is C55H36F6N4. The quantitative estimate of drug-likeness (QED) is 0.156. The van der Waals surface area contributed by atoms with Crippen molar-refractivity contribution in [2.45, 2.75) is 25.7 Å². The second-order valence-corrected chi connectivity index (χ2v) is 16.5. The van der Waals surface area contributed by atoms with Crippen molar-refractivity contribution < 1.29 is 26.3 Å². The van der Waals surface area contributed by atoms with E-state index in [1.54, 1.807) is 6.07 Å². The lowest BCUT2D eigenvalue weighted by molar-refractivity contribution is -0.138. The van der Waals surface area contributed by atoms with Crippen LogP contribution in [0.2, 0.25) is 0 Å². The number of aromatic nitrogens is 4. The molecule has 10 heteroatoms. The number of rotatable bonds is 6. The van der Waals surface area contributed by atoms with Crippen molar-refractivity contribution in [3.05, 3.63) is 198 Å². The molecule has 1 atom stereocenters. The van der Waals surface area contributed by atoms with Gasteiger partial charge in [-0.2, -0.15) is 26.3 Å². The number of benzene rings is 7. The maximum absolute atomic E-state index is 14.3. The molecule has 11 rings (SSSR count). The fraction of sp³-hybridized carbons (Fsp3) is 0.0909. The van der Waals surface area contributed by atoms with Crippen LogP contribution in [0.5, 0.6) is 0 Å². The number of halogens is 6. The third-order valence-corrected chi connectivity index (χ3v) is 12.3. The lowest BCUT2D eigenvalue weighted by Gasteiger charge is -2.23. The monoisotopic (exact) mass is 866 g/mol. The summed E-state index contributed by atoms with van der Waals surface area (Å²) in [4.78, 5) is 10.3. The Kier molecular flexibility index (Phi) is 9.39. The van der Waals surface area contributed by atoms with E-state index in [1.165, 1.54) is 18.2 Å². The van der Waals surface area contributed by atoms with E-state index in [1.807, 2.05) is 150 Å². The normalized spacial score (nSPS) is 14.1. The summed E-state index contributed by atoms with van der Waals surface area (Å²) in [5, 5.41) is 1.57. The summed E-state index contributed by atoms with van der Waals surface area (Å²) in [6, 6.07) is 50.3. The minimum Gasteiger partial charge on any atom is -0.312 e. The van der Waals surface area contributed by atoms with Crippen LogP contribution in [0.1, 0.15) is 29.3 Å². The van der Waals surface area contributed by atoms with E-state index >= 15 is 0 Å². The van der Waals surface area contributed by atoms with E-state index in [-0.39, 0.29) is 5.92 Å². The van der Waals surface area contributed by atoms with Gasteiger partial charge in [0.2, 0.25) is 0 Å². The fourth-order valence-electron chi connectivity index (χ4n) is 9.41. The number of fused-ring (bicyclic) bond motifs is 6. The Morgan fingerprint density at radius 1 is 0.492 bits per heavy atom. The van der Waals surface area contributed by atoms with Crippen molar-refractivity contribution in [1.82, 2.24) is 19.1 Å². The Morgan fingerprint density at radius 2 is 1.06 bits per heavy atom. The smallest absolute Gasteiger partial charge is 0.312 e. The molecule has 3 aromatic heterocycles. The average Bonchev–Trinajstić information content (AvgIpc) is 3.82. The van der Waals surface area contributed by atoms with Crippen molar-refractivity contribution in [3.63, 3.8) is 0 Å². The van der Waals surface area contributed by atoms with Gasteiger partial charge in [-0.05, 0) is 73.0 Å². The molecule has 7 aromatic carbocycles. The molecule has 318 valence electrons. The van der Waals surface area contributed by atoms with Gasteiger partial charge >= 0.3 is 12.4 Å². The number of allylic oxidation sites excluding steroid dienone is 1. The number of para-hydroxylation sites is 2. The van der Waals surface area contributed by atoms with Gasteiger partial charge in [0.15, 0.2) is 5.82 Å². The second kappa shape index (κ2) is 15.2. The Morgan fingerprint density at radius 3 is 1.78 bits per heavy atom. The Labute approximate surface area is 369 Å². The molecule has 0 N–H and O–H groups in total. The fourth-order valence-corrected chi connectivity index (χ4v) is 9.41. The van der Waals surface area contributed by atoms with E-state index < -0.39 is 23.5 Å². The predicted octanol–water partition coefficient (Wildman–Crippen LogP) is 15.4. The van der Waals surface area contributed by atoms with Gasteiger partial charge in [0.1, 0.15) is 0 Å². The maximum atomic E-state index is 14.3. The summed E-state index contributed by atoms with van der Waals surface area (Å²) in [5.41, 5.74) is 8.49. The van der Waals surface area contributed by atoms with Crippen molar-refractivity contribution in [1.29, 1.82) is 0 Å². The number of alkyl halides is 6. The van der Waals surface area contributed by atoms with Gasteiger partial charge < -0.3 is 9.13 Å². The molecular weight excluding hydrogens is 831 g/mol. The lowest BCUT2D eigenvalue weighted by atomic mass is 9.92. The molecule has 0 saturated heterocycles. The minimum atomic E-state index is -4.56. The zero-order chi connectivity index (χ0) is 44.6. The SMILES string of the molecule is CC1C=Cc2c(n(-c3ccccc3-c3c(-c4cc(-c5ccccc5)nc(-c5ccccc5)n4)cccc3-n3c4ccccc4c4cc(C(F)(F)F)ccc43)c3ccc(C(F)(F)F)cc23)C1. The van der Waals surface area contributed by atoms with Crippen LogP contribution in [0.25, 0.3) is 95.2 Å². The van der Waals surface area contributed by atoms with E-state index in [0.717, 1.165) is 45.8 Å². The summed E-state index contributed by atoms with van der Waals surface area (Å²) in [6.07, 6.45) is -4.57. The number of hydrogen-bond donors (Lipinski definition) is 0. The predicted molar refractivity (Wildman–Crippen MR) is 247 cm³/mol. The third kappa shape index (κ3) is 6.88. The summed E-state index contributed by atoms with van der Waals surface area (Å²) < 4.78 is 89.9. The zero-order valence-electron chi connectivity index (χ0n) is 34.7. The van der Waals surface area contributed by atoms with Crippen LogP contribution < -0.4 is 0 Å². The summed E-state index contributed by atoms with van der Waals surface area (Å²) in [7, 11) is 0. The van der Waals surface area contributed by atoms with E-state index in [4.69, 9.17) is 9.97 Å². The lowest BCUT2D eigenvalue weighted by Crippen LogP contribution is -2.10. The van der Waals surface area contributed by atoms with Gasteiger partial charge in [-0.15, -0.1) is 0 Å². The van der Waals surface area contributed by atoms with Crippen molar-refractivity contribution in [2.75, 3.05) is 0 Å². The zero-order valence-corrected chi connectivity index (χ0v) is 34.7. The first-order valence-corrected chi connectivity index (χ1v) is 21.2. The molecule has 0 spiro atoms. The molecule has 4 nitrogen and oxygen atoms in total.